The molecule has 1 aromatic heterocycles. The summed E-state index contributed by atoms with van der Waals surface area (Å²) in [5, 5.41) is 9.27. The monoisotopic (exact) mass is 292 g/mol. The van der Waals surface area contributed by atoms with E-state index in [0.29, 0.717) is 17.8 Å². The summed E-state index contributed by atoms with van der Waals surface area (Å²) in [6.45, 7) is 8.01. The van der Waals surface area contributed by atoms with Gasteiger partial charge in [0.25, 0.3) is 0 Å². The maximum Gasteiger partial charge on any atom is 0.347 e. The molecule has 0 radical (unpaired) electrons. The fourth-order valence-electron chi connectivity index (χ4n) is 3.39. The lowest BCUT2D eigenvalue weighted by Gasteiger charge is -2.42. The Kier molecular flexibility index (Phi) is 4.21. The number of carboxylic acid groups (broad SMARTS) is 1. The normalized spacial score (nSPS) is 18.1. The predicted molar refractivity (Wildman–Crippen MR) is 80.6 cm³/mol. The molecule has 0 spiro atoms. The standard InChI is InChI=1S/C16H24N2O3/c1-5-16(7-6-8-16)9-18-12(4)13(10(2)14(19)20)11(3)17-15(18)21/h10H,5-9H2,1-4H3,(H,19,20). The molecule has 1 aliphatic rings. The van der Waals surface area contributed by atoms with Crippen LogP contribution in [0.4, 0.5) is 0 Å². The molecule has 116 valence electrons. The van der Waals surface area contributed by atoms with Gasteiger partial charge in [0.15, 0.2) is 0 Å². The van der Waals surface area contributed by atoms with E-state index >= 15 is 0 Å². The Morgan fingerprint density at radius 2 is 2.05 bits per heavy atom. The molecule has 1 aliphatic carbocycles. The molecule has 5 heteroatoms. The number of carboxylic acids is 1. The van der Waals surface area contributed by atoms with Gasteiger partial charge < -0.3 is 5.11 Å². The zero-order valence-electron chi connectivity index (χ0n) is 13.3. The Hall–Kier alpha value is -1.65. The van der Waals surface area contributed by atoms with Crippen LogP contribution in [0.3, 0.4) is 0 Å². The van der Waals surface area contributed by atoms with E-state index in [0.717, 1.165) is 25.0 Å². The van der Waals surface area contributed by atoms with Crippen molar-refractivity contribution < 1.29 is 9.90 Å². The number of hydrogen-bond acceptors (Lipinski definition) is 3. The molecular weight excluding hydrogens is 268 g/mol. The summed E-state index contributed by atoms with van der Waals surface area (Å²) in [5.41, 5.74) is 1.89. The minimum Gasteiger partial charge on any atom is -0.481 e. The summed E-state index contributed by atoms with van der Waals surface area (Å²) >= 11 is 0. The Balaban J connectivity index is 2.49. The molecule has 1 fully saturated rings. The van der Waals surface area contributed by atoms with E-state index in [1.165, 1.54) is 6.42 Å². The van der Waals surface area contributed by atoms with Gasteiger partial charge in [-0.2, -0.15) is 4.98 Å². The fraction of sp³-hybridized carbons (Fsp3) is 0.688. The highest BCUT2D eigenvalue weighted by atomic mass is 16.4. The first-order chi connectivity index (χ1) is 9.81. The molecule has 1 atom stereocenters. The summed E-state index contributed by atoms with van der Waals surface area (Å²) in [4.78, 5) is 27.6. The molecule has 5 nitrogen and oxygen atoms in total. The lowest BCUT2D eigenvalue weighted by atomic mass is 9.67. The first kappa shape index (κ1) is 15.7. The van der Waals surface area contributed by atoms with E-state index in [4.69, 9.17) is 0 Å². The van der Waals surface area contributed by atoms with Crippen LogP contribution < -0.4 is 5.69 Å². The third-order valence-corrected chi connectivity index (χ3v) is 5.14. The highest BCUT2D eigenvalue weighted by Crippen LogP contribution is 2.45. The SMILES string of the molecule is CCC1(Cn2c(C)c(C(C)C(=O)O)c(C)nc2=O)CCC1. The minimum absolute atomic E-state index is 0.190. The van der Waals surface area contributed by atoms with Crippen LogP contribution in [0.25, 0.3) is 0 Å². The molecule has 1 saturated carbocycles. The van der Waals surface area contributed by atoms with E-state index in [2.05, 4.69) is 11.9 Å². The average molecular weight is 292 g/mol. The van der Waals surface area contributed by atoms with Crippen LogP contribution >= 0.6 is 0 Å². The van der Waals surface area contributed by atoms with Crippen LogP contribution in [-0.4, -0.2) is 20.6 Å². The first-order valence-corrected chi connectivity index (χ1v) is 7.62. The highest BCUT2D eigenvalue weighted by Gasteiger charge is 2.36. The smallest absolute Gasteiger partial charge is 0.347 e. The van der Waals surface area contributed by atoms with Crippen molar-refractivity contribution in [3.63, 3.8) is 0 Å². The Labute approximate surface area is 125 Å². The average Bonchev–Trinajstić information content (AvgIpc) is 2.36. The molecule has 21 heavy (non-hydrogen) atoms. The van der Waals surface area contributed by atoms with Crippen molar-refractivity contribution in [1.29, 1.82) is 0 Å². The lowest BCUT2D eigenvalue weighted by Crippen LogP contribution is -2.39. The number of aromatic nitrogens is 2. The molecule has 1 N–H and O–H groups in total. The molecule has 0 aromatic carbocycles. The Morgan fingerprint density at radius 1 is 1.43 bits per heavy atom. The van der Waals surface area contributed by atoms with E-state index < -0.39 is 11.9 Å². The van der Waals surface area contributed by atoms with E-state index in [1.807, 2.05) is 6.92 Å². The van der Waals surface area contributed by atoms with Crippen molar-refractivity contribution in [2.75, 3.05) is 0 Å². The quantitative estimate of drug-likeness (QED) is 0.905. The molecule has 1 heterocycles. The van der Waals surface area contributed by atoms with Gasteiger partial charge in [-0.1, -0.05) is 13.3 Å². The van der Waals surface area contributed by atoms with Crippen LogP contribution in [0.15, 0.2) is 4.79 Å². The maximum atomic E-state index is 12.2. The lowest BCUT2D eigenvalue weighted by molar-refractivity contribution is -0.138. The molecule has 1 aromatic rings. The van der Waals surface area contributed by atoms with Gasteiger partial charge in [0.05, 0.1) is 5.92 Å². The Bertz CT molecular complexity index is 609. The molecule has 1 unspecified atom stereocenters. The summed E-state index contributed by atoms with van der Waals surface area (Å²) in [6.07, 6.45) is 4.51. The number of carbonyl (C=O) groups is 1. The van der Waals surface area contributed by atoms with Gasteiger partial charge >= 0.3 is 11.7 Å². The molecule has 0 bridgehead atoms. The van der Waals surface area contributed by atoms with E-state index in [1.54, 1.807) is 18.4 Å². The number of nitrogens with zero attached hydrogens (tertiary/aromatic N) is 2. The zero-order chi connectivity index (χ0) is 15.8. The van der Waals surface area contributed by atoms with Crippen LogP contribution in [0.2, 0.25) is 0 Å². The van der Waals surface area contributed by atoms with Crippen molar-refractivity contribution in [3.05, 3.63) is 27.4 Å². The second-order valence-corrected chi connectivity index (χ2v) is 6.33. The van der Waals surface area contributed by atoms with Crippen molar-refractivity contribution in [3.8, 4) is 0 Å². The Morgan fingerprint density at radius 3 is 2.48 bits per heavy atom. The number of aliphatic carboxylic acids is 1. The van der Waals surface area contributed by atoms with Gasteiger partial charge in [-0.25, -0.2) is 4.79 Å². The second-order valence-electron chi connectivity index (χ2n) is 6.33. The van der Waals surface area contributed by atoms with Gasteiger partial charge in [-0.15, -0.1) is 0 Å². The van der Waals surface area contributed by atoms with Crippen LogP contribution in [0.5, 0.6) is 0 Å². The summed E-state index contributed by atoms with van der Waals surface area (Å²) in [7, 11) is 0. The second kappa shape index (κ2) is 5.62. The molecule has 0 aliphatic heterocycles. The van der Waals surface area contributed by atoms with E-state index in [-0.39, 0.29) is 11.1 Å². The van der Waals surface area contributed by atoms with Crippen molar-refractivity contribution in [2.45, 2.75) is 65.8 Å². The zero-order valence-corrected chi connectivity index (χ0v) is 13.3. The van der Waals surface area contributed by atoms with Crippen LogP contribution in [0, 0.1) is 19.3 Å². The highest BCUT2D eigenvalue weighted by molar-refractivity contribution is 5.76. The van der Waals surface area contributed by atoms with Crippen LogP contribution in [-0.2, 0) is 11.3 Å². The minimum atomic E-state index is -0.887. The van der Waals surface area contributed by atoms with Gasteiger partial charge in [-0.3, -0.25) is 9.36 Å². The topological polar surface area (TPSA) is 72.2 Å². The number of aryl methyl sites for hydroxylation is 1. The van der Waals surface area contributed by atoms with Gasteiger partial charge in [0, 0.05) is 23.5 Å². The fourth-order valence-corrected chi connectivity index (χ4v) is 3.39. The predicted octanol–water partition coefficient (Wildman–Crippen LogP) is 2.63. The molecule has 2 rings (SSSR count). The third-order valence-electron chi connectivity index (χ3n) is 5.14. The summed E-state index contributed by atoms with van der Waals surface area (Å²) < 4.78 is 1.68. The third kappa shape index (κ3) is 2.74. The maximum absolute atomic E-state index is 12.2. The van der Waals surface area contributed by atoms with Crippen LogP contribution in [0.1, 0.15) is 62.4 Å². The summed E-state index contributed by atoms with van der Waals surface area (Å²) in [5.74, 6) is -1.54. The van der Waals surface area contributed by atoms with E-state index in [9.17, 15) is 14.7 Å². The van der Waals surface area contributed by atoms with Gasteiger partial charge in [0.1, 0.15) is 0 Å². The van der Waals surface area contributed by atoms with Gasteiger partial charge in [0.2, 0.25) is 0 Å². The number of hydrogen-bond donors (Lipinski definition) is 1. The molecular formula is C16H24N2O3. The molecule has 0 saturated heterocycles. The molecule has 0 amide bonds. The van der Waals surface area contributed by atoms with Gasteiger partial charge in [-0.05, 0) is 45.4 Å². The largest absolute Gasteiger partial charge is 0.481 e. The summed E-state index contributed by atoms with van der Waals surface area (Å²) in [6, 6.07) is 0. The number of rotatable bonds is 5. The first-order valence-electron chi connectivity index (χ1n) is 7.62. The van der Waals surface area contributed by atoms with Crippen molar-refractivity contribution in [1.82, 2.24) is 9.55 Å². The van der Waals surface area contributed by atoms with Crippen molar-refractivity contribution >= 4 is 5.97 Å². The van der Waals surface area contributed by atoms with Crippen molar-refractivity contribution in [2.24, 2.45) is 5.41 Å².